The highest BCUT2D eigenvalue weighted by Gasteiger charge is 2.19. The van der Waals surface area contributed by atoms with Crippen LogP contribution < -0.4 is 24.4 Å². The Morgan fingerprint density at radius 1 is 1.02 bits per heavy atom. The van der Waals surface area contributed by atoms with Crippen molar-refractivity contribution in [1.29, 1.82) is 0 Å². The standard InChI is InChI=1S/C30H40N6O5/c1-21-15-22(2)17-23(16-21)20-36(30(37)38)27-7-8-31-29(33-27)32-24-18-25(39-4)28(40-5)26(19-24)41-14-6-9-35-12-10-34(3)11-13-35/h7-8,15-19H,6,9-14,20H2,1-5H3,(H,37,38)(H,31,32,33). The number of hydrogen-bond acceptors (Lipinski definition) is 9. The minimum atomic E-state index is -1.10. The van der Waals surface area contributed by atoms with Crippen molar-refractivity contribution in [2.24, 2.45) is 0 Å². The van der Waals surface area contributed by atoms with E-state index in [0.717, 1.165) is 55.8 Å². The summed E-state index contributed by atoms with van der Waals surface area (Å²) in [7, 11) is 5.29. The van der Waals surface area contributed by atoms with Gasteiger partial charge in [-0.3, -0.25) is 4.90 Å². The Balaban J connectivity index is 1.48. The third-order valence-corrected chi connectivity index (χ3v) is 6.94. The highest BCUT2D eigenvalue weighted by molar-refractivity contribution is 5.84. The zero-order valence-electron chi connectivity index (χ0n) is 24.5. The van der Waals surface area contributed by atoms with Gasteiger partial charge in [0, 0.05) is 56.7 Å². The van der Waals surface area contributed by atoms with E-state index in [0.29, 0.717) is 29.5 Å². The smallest absolute Gasteiger partial charge is 0.413 e. The number of aryl methyl sites for hydroxylation is 2. The molecule has 1 aromatic heterocycles. The van der Waals surface area contributed by atoms with Crippen LogP contribution in [0, 0.1) is 13.8 Å². The van der Waals surface area contributed by atoms with Crippen molar-refractivity contribution in [3.8, 4) is 17.2 Å². The molecule has 0 spiro atoms. The molecule has 2 N–H and O–H groups in total. The molecular formula is C30H40N6O5. The fraction of sp³-hybridized carbons (Fsp3) is 0.433. The molecule has 0 bridgehead atoms. The predicted molar refractivity (Wildman–Crippen MR) is 159 cm³/mol. The topological polar surface area (TPSA) is 113 Å². The lowest BCUT2D eigenvalue weighted by Gasteiger charge is -2.32. The van der Waals surface area contributed by atoms with Crippen molar-refractivity contribution in [2.45, 2.75) is 26.8 Å². The van der Waals surface area contributed by atoms with Crippen LogP contribution >= 0.6 is 0 Å². The molecule has 2 heterocycles. The molecule has 1 saturated heterocycles. The first kappa shape index (κ1) is 29.9. The van der Waals surface area contributed by atoms with E-state index in [9.17, 15) is 9.90 Å². The highest BCUT2D eigenvalue weighted by Crippen LogP contribution is 2.40. The Morgan fingerprint density at radius 3 is 2.39 bits per heavy atom. The van der Waals surface area contributed by atoms with Crippen LogP contribution in [-0.4, -0.2) is 91.6 Å². The molecule has 11 nitrogen and oxygen atoms in total. The first-order valence-electron chi connectivity index (χ1n) is 13.7. The summed E-state index contributed by atoms with van der Waals surface area (Å²) >= 11 is 0. The van der Waals surface area contributed by atoms with Gasteiger partial charge in [0.25, 0.3) is 0 Å². The lowest BCUT2D eigenvalue weighted by Crippen LogP contribution is -2.44. The minimum Gasteiger partial charge on any atom is -0.493 e. The normalized spacial score (nSPS) is 14.0. The fourth-order valence-corrected chi connectivity index (χ4v) is 4.93. The Morgan fingerprint density at radius 2 is 1.73 bits per heavy atom. The molecule has 0 aliphatic carbocycles. The van der Waals surface area contributed by atoms with Gasteiger partial charge in [-0.1, -0.05) is 29.3 Å². The number of methoxy groups -OCH3 is 2. The van der Waals surface area contributed by atoms with Crippen molar-refractivity contribution in [2.75, 3.05) is 70.8 Å². The molecule has 41 heavy (non-hydrogen) atoms. The average Bonchev–Trinajstić information content (AvgIpc) is 2.94. The number of nitrogens with one attached hydrogen (secondary N) is 1. The second-order valence-corrected chi connectivity index (χ2v) is 10.3. The van der Waals surface area contributed by atoms with Crippen LogP contribution in [-0.2, 0) is 6.54 Å². The maximum Gasteiger partial charge on any atom is 0.413 e. The van der Waals surface area contributed by atoms with Crippen LogP contribution in [0.4, 0.5) is 22.2 Å². The van der Waals surface area contributed by atoms with Crippen molar-refractivity contribution in [1.82, 2.24) is 19.8 Å². The number of aromatic nitrogens is 2. The molecule has 3 aromatic rings. The maximum atomic E-state index is 12.2. The molecule has 1 aliphatic rings. The number of benzene rings is 2. The van der Waals surface area contributed by atoms with E-state index in [1.165, 1.54) is 11.1 Å². The quantitative estimate of drug-likeness (QED) is 0.304. The molecule has 220 valence electrons. The fourth-order valence-electron chi connectivity index (χ4n) is 4.93. The van der Waals surface area contributed by atoms with Crippen LogP contribution in [0.3, 0.4) is 0 Å². The summed E-state index contributed by atoms with van der Waals surface area (Å²) < 4.78 is 17.3. The molecule has 0 radical (unpaired) electrons. The minimum absolute atomic E-state index is 0.163. The summed E-state index contributed by atoms with van der Waals surface area (Å²) in [6.45, 7) is 9.92. The number of ether oxygens (including phenoxy) is 3. The van der Waals surface area contributed by atoms with Crippen molar-refractivity contribution >= 4 is 23.5 Å². The number of likely N-dealkylation sites (N-methyl/N-ethyl adjacent to an activating group) is 1. The van der Waals surface area contributed by atoms with Crippen LogP contribution in [0.5, 0.6) is 17.2 Å². The number of piperazine rings is 1. The van der Waals surface area contributed by atoms with Gasteiger partial charge >= 0.3 is 6.09 Å². The molecule has 0 unspecified atom stereocenters. The van der Waals surface area contributed by atoms with E-state index >= 15 is 0 Å². The molecule has 0 saturated carbocycles. The predicted octanol–water partition coefficient (Wildman–Crippen LogP) is 4.56. The van der Waals surface area contributed by atoms with E-state index in [1.54, 1.807) is 32.4 Å². The van der Waals surface area contributed by atoms with E-state index < -0.39 is 6.09 Å². The summed E-state index contributed by atoms with van der Waals surface area (Å²) in [4.78, 5) is 27.0. The molecule has 1 aliphatic heterocycles. The Kier molecular flexibility index (Phi) is 10.2. The summed E-state index contributed by atoms with van der Waals surface area (Å²) in [5.74, 6) is 2.02. The summed E-state index contributed by atoms with van der Waals surface area (Å²) in [6, 6.07) is 11.1. The lowest BCUT2D eigenvalue weighted by molar-refractivity contribution is 0.145. The molecule has 2 aromatic carbocycles. The van der Waals surface area contributed by atoms with Gasteiger partial charge in [-0.25, -0.2) is 9.78 Å². The maximum absolute atomic E-state index is 12.2. The van der Waals surface area contributed by atoms with Crippen molar-refractivity contribution in [3.63, 3.8) is 0 Å². The van der Waals surface area contributed by atoms with E-state index in [1.807, 2.05) is 26.0 Å². The highest BCUT2D eigenvalue weighted by atomic mass is 16.5. The number of hydrogen-bond donors (Lipinski definition) is 2. The summed E-state index contributed by atoms with van der Waals surface area (Å²) in [5.41, 5.74) is 3.64. The molecular weight excluding hydrogens is 524 g/mol. The van der Waals surface area contributed by atoms with Crippen LogP contribution in [0.1, 0.15) is 23.1 Å². The third kappa shape index (κ3) is 8.21. The number of amides is 1. The third-order valence-electron chi connectivity index (χ3n) is 6.94. The van der Waals surface area contributed by atoms with Gasteiger partial charge < -0.3 is 34.4 Å². The van der Waals surface area contributed by atoms with E-state index in [2.05, 4.69) is 38.2 Å². The van der Waals surface area contributed by atoms with Crippen LogP contribution in [0.2, 0.25) is 0 Å². The van der Waals surface area contributed by atoms with Crippen LogP contribution in [0.25, 0.3) is 0 Å². The van der Waals surface area contributed by atoms with Crippen molar-refractivity contribution in [3.05, 3.63) is 59.3 Å². The number of nitrogens with zero attached hydrogens (tertiary/aromatic N) is 5. The Hall–Kier alpha value is -4.09. The number of carbonyl (C=O) groups is 1. The monoisotopic (exact) mass is 564 g/mol. The van der Waals surface area contributed by atoms with Gasteiger partial charge in [0.15, 0.2) is 11.5 Å². The summed E-state index contributed by atoms with van der Waals surface area (Å²) in [6.07, 6.45) is 1.30. The number of rotatable bonds is 12. The first-order chi connectivity index (χ1) is 19.7. The largest absolute Gasteiger partial charge is 0.493 e. The zero-order chi connectivity index (χ0) is 29.4. The molecule has 1 amide bonds. The molecule has 11 heteroatoms. The summed E-state index contributed by atoms with van der Waals surface area (Å²) in [5, 5.41) is 13.1. The van der Waals surface area contributed by atoms with Crippen LogP contribution in [0.15, 0.2) is 42.6 Å². The Labute approximate surface area is 241 Å². The van der Waals surface area contributed by atoms with Crippen molar-refractivity contribution < 1.29 is 24.1 Å². The second-order valence-electron chi connectivity index (χ2n) is 10.3. The zero-order valence-corrected chi connectivity index (χ0v) is 24.5. The van der Waals surface area contributed by atoms with E-state index in [-0.39, 0.29) is 18.3 Å². The average molecular weight is 565 g/mol. The first-order valence-corrected chi connectivity index (χ1v) is 13.7. The van der Waals surface area contributed by atoms with Gasteiger partial charge in [0.1, 0.15) is 5.82 Å². The van der Waals surface area contributed by atoms with Gasteiger partial charge in [0.2, 0.25) is 11.7 Å². The molecule has 4 rings (SSSR count). The number of anilines is 3. The van der Waals surface area contributed by atoms with Gasteiger partial charge in [-0.2, -0.15) is 4.98 Å². The van der Waals surface area contributed by atoms with E-state index in [4.69, 9.17) is 14.2 Å². The SMILES string of the molecule is COc1cc(Nc2nccc(N(Cc3cc(C)cc(C)c3)C(=O)O)n2)cc(OCCCN2CCN(C)CC2)c1OC. The molecule has 1 fully saturated rings. The van der Waals surface area contributed by atoms with Gasteiger partial charge in [0.05, 0.1) is 27.4 Å². The van der Waals surface area contributed by atoms with Gasteiger partial charge in [-0.05, 0) is 38.9 Å². The number of carboxylic acid groups (broad SMARTS) is 1. The van der Waals surface area contributed by atoms with Gasteiger partial charge in [-0.15, -0.1) is 0 Å². The molecule has 0 atom stereocenters. The second kappa shape index (κ2) is 14.0. The lowest BCUT2D eigenvalue weighted by atomic mass is 10.1. The Bertz CT molecular complexity index is 1310.